The first-order valence-corrected chi connectivity index (χ1v) is 4.72. The summed E-state index contributed by atoms with van der Waals surface area (Å²) in [7, 11) is 0. The Morgan fingerprint density at radius 2 is 2.12 bits per heavy atom. The van der Waals surface area contributed by atoms with Crippen LogP contribution in [0.3, 0.4) is 0 Å². The van der Waals surface area contributed by atoms with Crippen molar-refractivity contribution in [2.75, 3.05) is 0 Å². The number of rotatable bonds is 1. The Morgan fingerprint density at radius 3 is 2.81 bits per heavy atom. The van der Waals surface area contributed by atoms with Crippen LogP contribution >= 0.6 is 0 Å². The lowest BCUT2D eigenvalue weighted by atomic mass is 10.2. The Balaban J connectivity index is 2.71. The monoisotopic (exact) mass is 208 g/mol. The number of pyridine rings is 1. The number of nitriles is 2. The summed E-state index contributed by atoms with van der Waals surface area (Å²) in [4.78, 5) is 4.33. The van der Waals surface area contributed by atoms with E-state index in [0.717, 1.165) is 17.0 Å². The van der Waals surface area contributed by atoms with Crippen molar-refractivity contribution in [3.05, 3.63) is 41.4 Å². The maximum absolute atomic E-state index is 8.72. The molecular weight excluding hydrogens is 200 g/mol. The zero-order valence-electron chi connectivity index (χ0n) is 8.68. The molecule has 4 heteroatoms. The molecule has 0 aliphatic heterocycles. The molecule has 0 aliphatic rings. The van der Waals surface area contributed by atoms with E-state index < -0.39 is 0 Å². The van der Waals surface area contributed by atoms with E-state index >= 15 is 0 Å². The van der Waals surface area contributed by atoms with E-state index in [2.05, 4.69) is 4.98 Å². The van der Waals surface area contributed by atoms with Gasteiger partial charge >= 0.3 is 0 Å². The predicted molar refractivity (Wildman–Crippen MR) is 59.1 cm³/mol. The van der Waals surface area contributed by atoms with Gasteiger partial charge in [0.25, 0.3) is 0 Å². The fourth-order valence-electron chi connectivity index (χ4n) is 1.53. The molecule has 0 atom stereocenters. The molecule has 0 aliphatic carbocycles. The van der Waals surface area contributed by atoms with Crippen LogP contribution in [0.25, 0.3) is 11.7 Å². The van der Waals surface area contributed by atoms with E-state index in [1.54, 1.807) is 6.08 Å². The van der Waals surface area contributed by atoms with E-state index in [4.69, 9.17) is 10.5 Å². The van der Waals surface area contributed by atoms with Crippen LogP contribution in [0.4, 0.5) is 0 Å². The number of aryl methyl sites for hydroxylation is 1. The molecule has 0 spiro atoms. The summed E-state index contributed by atoms with van der Waals surface area (Å²) < 4.78 is 1.85. The lowest BCUT2D eigenvalue weighted by molar-refractivity contribution is 1.16. The Bertz CT molecular complexity index is 634. The maximum Gasteiger partial charge on any atom is 0.137 e. The minimum Gasteiger partial charge on any atom is -0.300 e. The summed E-state index contributed by atoms with van der Waals surface area (Å²) in [6.45, 7) is 1.85. The van der Waals surface area contributed by atoms with E-state index in [1.165, 1.54) is 0 Å². The van der Waals surface area contributed by atoms with Crippen molar-refractivity contribution < 1.29 is 0 Å². The van der Waals surface area contributed by atoms with Gasteiger partial charge in [0.05, 0.1) is 11.4 Å². The van der Waals surface area contributed by atoms with E-state index in [0.29, 0.717) is 0 Å². The van der Waals surface area contributed by atoms with Crippen LogP contribution in [0.5, 0.6) is 0 Å². The van der Waals surface area contributed by atoms with E-state index in [-0.39, 0.29) is 5.57 Å². The number of imidazole rings is 1. The van der Waals surface area contributed by atoms with E-state index in [1.807, 2.05) is 47.9 Å². The van der Waals surface area contributed by atoms with Crippen molar-refractivity contribution in [2.45, 2.75) is 6.92 Å². The molecule has 0 saturated heterocycles. The van der Waals surface area contributed by atoms with E-state index in [9.17, 15) is 0 Å². The highest BCUT2D eigenvalue weighted by atomic mass is 15.0. The Hall–Kier alpha value is -2.59. The number of allylic oxidation sites excluding steroid dienone is 1. The van der Waals surface area contributed by atoms with Crippen LogP contribution in [0.2, 0.25) is 0 Å². The number of fused-ring (bicyclic) bond motifs is 1. The lowest BCUT2D eigenvalue weighted by Gasteiger charge is -1.95. The van der Waals surface area contributed by atoms with Crippen molar-refractivity contribution >= 4 is 11.7 Å². The normalized spacial score (nSPS) is 9.44. The number of hydrogen-bond donors (Lipinski definition) is 0. The third-order valence-electron chi connectivity index (χ3n) is 2.27. The summed E-state index contributed by atoms with van der Waals surface area (Å²) in [6.07, 6.45) is 3.41. The molecule has 0 fully saturated rings. The van der Waals surface area contributed by atoms with Gasteiger partial charge in [-0.05, 0) is 25.1 Å². The molecule has 76 valence electrons. The third kappa shape index (κ3) is 1.53. The van der Waals surface area contributed by atoms with Gasteiger partial charge in [0, 0.05) is 6.20 Å². The van der Waals surface area contributed by atoms with Gasteiger partial charge in [-0.1, -0.05) is 6.07 Å². The van der Waals surface area contributed by atoms with Crippen molar-refractivity contribution in [3.8, 4) is 12.1 Å². The molecule has 0 amide bonds. The summed E-state index contributed by atoms with van der Waals surface area (Å²) in [5.41, 5.74) is 2.46. The second kappa shape index (κ2) is 3.88. The van der Waals surface area contributed by atoms with Gasteiger partial charge in [0.2, 0.25) is 0 Å². The SMILES string of the molecule is Cc1nc2ccccn2c1C=C(C#N)C#N. The number of aromatic nitrogens is 2. The molecular formula is C12H8N4. The summed E-state index contributed by atoms with van der Waals surface area (Å²) >= 11 is 0. The van der Waals surface area contributed by atoms with Crippen molar-refractivity contribution in [1.29, 1.82) is 10.5 Å². The molecule has 2 aromatic rings. The highest BCUT2D eigenvalue weighted by Gasteiger charge is 2.06. The molecule has 2 aromatic heterocycles. The van der Waals surface area contributed by atoms with Gasteiger partial charge in [-0.15, -0.1) is 0 Å². The van der Waals surface area contributed by atoms with Gasteiger partial charge in [-0.2, -0.15) is 10.5 Å². The second-order valence-electron chi connectivity index (χ2n) is 3.29. The second-order valence-corrected chi connectivity index (χ2v) is 3.29. The molecule has 2 heterocycles. The Morgan fingerprint density at radius 1 is 1.38 bits per heavy atom. The zero-order valence-corrected chi connectivity index (χ0v) is 8.68. The average Bonchev–Trinajstić information content (AvgIpc) is 2.62. The maximum atomic E-state index is 8.72. The fraction of sp³-hybridized carbons (Fsp3) is 0.0833. The number of nitrogens with zero attached hydrogens (tertiary/aromatic N) is 4. The minimum atomic E-state index is 0.0775. The van der Waals surface area contributed by atoms with Gasteiger partial charge in [-0.25, -0.2) is 4.98 Å². The first-order chi connectivity index (χ1) is 7.76. The molecule has 4 nitrogen and oxygen atoms in total. The quantitative estimate of drug-likeness (QED) is 0.674. The summed E-state index contributed by atoms with van der Waals surface area (Å²) in [6, 6.07) is 9.33. The number of hydrogen-bond acceptors (Lipinski definition) is 3. The largest absolute Gasteiger partial charge is 0.300 e. The van der Waals surface area contributed by atoms with Crippen LogP contribution in [-0.2, 0) is 0 Å². The lowest BCUT2D eigenvalue weighted by Crippen LogP contribution is -1.87. The fourth-order valence-corrected chi connectivity index (χ4v) is 1.53. The van der Waals surface area contributed by atoms with Gasteiger partial charge in [-0.3, -0.25) is 4.40 Å². The first kappa shape index (κ1) is 9.95. The van der Waals surface area contributed by atoms with Crippen molar-refractivity contribution in [1.82, 2.24) is 9.38 Å². The minimum absolute atomic E-state index is 0.0775. The Kier molecular flexibility index (Phi) is 2.41. The molecule has 16 heavy (non-hydrogen) atoms. The third-order valence-corrected chi connectivity index (χ3v) is 2.27. The standard InChI is InChI=1S/C12H8N4/c1-9-11(6-10(7-13)8-14)16-5-3-2-4-12(16)15-9/h2-6H,1H3. The van der Waals surface area contributed by atoms with Crippen LogP contribution in [0, 0.1) is 29.6 Å². The van der Waals surface area contributed by atoms with Crippen LogP contribution < -0.4 is 0 Å². The molecule has 2 rings (SSSR count). The summed E-state index contributed by atoms with van der Waals surface area (Å²) in [5.74, 6) is 0. The van der Waals surface area contributed by atoms with Crippen LogP contribution in [0.1, 0.15) is 11.4 Å². The molecule has 0 bridgehead atoms. The van der Waals surface area contributed by atoms with Crippen LogP contribution in [0.15, 0.2) is 30.0 Å². The molecule has 0 saturated carbocycles. The molecule has 0 unspecified atom stereocenters. The molecule has 0 radical (unpaired) electrons. The zero-order chi connectivity index (χ0) is 11.5. The average molecular weight is 208 g/mol. The predicted octanol–water partition coefficient (Wildman–Crippen LogP) is 2.07. The van der Waals surface area contributed by atoms with Gasteiger partial charge in [0.15, 0.2) is 0 Å². The van der Waals surface area contributed by atoms with Gasteiger partial charge < -0.3 is 0 Å². The Labute approximate surface area is 92.7 Å². The van der Waals surface area contributed by atoms with Crippen molar-refractivity contribution in [2.24, 2.45) is 0 Å². The topological polar surface area (TPSA) is 64.9 Å². The molecule has 0 N–H and O–H groups in total. The first-order valence-electron chi connectivity index (χ1n) is 4.72. The highest BCUT2D eigenvalue weighted by molar-refractivity contribution is 5.64. The summed E-state index contributed by atoms with van der Waals surface area (Å²) in [5, 5.41) is 17.4. The van der Waals surface area contributed by atoms with Crippen LogP contribution in [-0.4, -0.2) is 9.38 Å². The molecule has 0 aromatic carbocycles. The van der Waals surface area contributed by atoms with Crippen molar-refractivity contribution in [3.63, 3.8) is 0 Å². The highest BCUT2D eigenvalue weighted by Crippen LogP contribution is 2.14. The smallest absolute Gasteiger partial charge is 0.137 e. The van der Waals surface area contributed by atoms with Gasteiger partial charge in [0.1, 0.15) is 23.4 Å².